The van der Waals surface area contributed by atoms with Crippen LogP contribution >= 0.6 is 0 Å². The van der Waals surface area contributed by atoms with Crippen LogP contribution in [-0.4, -0.2) is 19.8 Å². The van der Waals surface area contributed by atoms with Crippen LogP contribution in [0.5, 0.6) is 17.2 Å². The summed E-state index contributed by atoms with van der Waals surface area (Å²) in [6.07, 6.45) is 22.0. The summed E-state index contributed by atoms with van der Waals surface area (Å²) in [4.78, 5) is 13.0. The highest BCUT2D eigenvalue weighted by atomic mass is 16.5. The minimum absolute atomic E-state index is 0.100. The van der Waals surface area contributed by atoms with Crippen molar-refractivity contribution in [3.8, 4) is 17.2 Å². The summed E-state index contributed by atoms with van der Waals surface area (Å²) in [6.45, 7) is 11.9. The maximum atomic E-state index is 13.0. The Morgan fingerprint density at radius 2 is 1.55 bits per heavy atom. The van der Waals surface area contributed by atoms with Crippen molar-refractivity contribution in [2.45, 2.75) is 112 Å². The number of hydrogen-bond donors (Lipinski definition) is 0. The summed E-state index contributed by atoms with van der Waals surface area (Å²) in [5, 5.41) is 0.653. The van der Waals surface area contributed by atoms with Gasteiger partial charge in [0.15, 0.2) is 5.75 Å². The highest BCUT2D eigenvalue weighted by Crippen LogP contribution is 2.39. The smallest absolute Gasteiger partial charge is 0.383 e. The van der Waals surface area contributed by atoms with Crippen molar-refractivity contribution in [3.05, 3.63) is 64.1 Å². The molecule has 0 amide bonds. The van der Waals surface area contributed by atoms with Crippen LogP contribution in [0.4, 0.5) is 0 Å². The molecule has 0 aliphatic rings. The number of unbranched alkanes of at least 4 members (excludes halogenated alkanes) is 7. The van der Waals surface area contributed by atoms with Crippen molar-refractivity contribution in [2.75, 3.05) is 19.8 Å². The van der Waals surface area contributed by atoms with Crippen molar-refractivity contribution in [1.82, 2.24) is 0 Å². The quantitative estimate of drug-likeness (QED) is 0.0876. The zero-order chi connectivity index (χ0) is 29.0. The minimum atomic E-state index is -0.539. The number of fused-ring (bicyclic) bond motifs is 1. The number of rotatable bonds is 21. The van der Waals surface area contributed by atoms with Crippen LogP contribution in [0.1, 0.15) is 112 Å². The van der Waals surface area contributed by atoms with E-state index in [9.17, 15) is 4.79 Å². The Morgan fingerprint density at radius 1 is 0.800 bits per heavy atom. The standard InChI is InChI=1S/C35H52O5/c1-6-8-10-12-13-14-15-17-25-37-30-22-19-23-31-32(30)33(38-26-16-11-9-7-2)34(35(36)40-31)39-27-24-29(5)21-18-20-28(3)4/h9,11,19-20,22-24H,6-8,10,12-18,21,25-27H2,1-5H3. The first-order valence-corrected chi connectivity index (χ1v) is 15.4. The molecule has 222 valence electrons. The van der Waals surface area contributed by atoms with E-state index in [-0.39, 0.29) is 12.4 Å². The zero-order valence-corrected chi connectivity index (χ0v) is 25.7. The molecule has 0 N–H and O–H groups in total. The molecule has 0 saturated carbocycles. The van der Waals surface area contributed by atoms with Gasteiger partial charge >= 0.3 is 5.63 Å². The van der Waals surface area contributed by atoms with Crippen LogP contribution in [0.3, 0.4) is 0 Å². The fourth-order valence-electron chi connectivity index (χ4n) is 4.44. The van der Waals surface area contributed by atoms with Gasteiger partial charge in [0.25, 0.3) is 0 Å². The molecule has 0 aliphatic heterocycles. The van der Waals surface area contributed by atoms with E-state index in [1.807, 2.05) is 18.2 Å². The first-order chi connectivity index (χ1) is 19.5. The third kappa shape index (κ3) is 12.5. The zero-order valence-electron chi connectivity index (χ0n) is 25.7. The molecule has 40 heavy (non-hydrogen) atoms. The summed E-state index contributed by atoms with van der Waals surface area (Å²) in [6, 6.07) is 5.54. The maximum absolute atomic E-state index is 13.0. The summed E-state index contributed by atoms with van der Waals surface area (Å²) < 4.78 is 24.1. The molecule has 2 rings (SSSR count). The normalized spacial score (nSPS) is 11.8. The fraction of sp³-hybridized carbons (Fsp3) is 0.571. The molecule has 0 saturated heterocycles. The van der Waals surface area contributed by atoms with Crippen molar-refractivity contribution in [2.24, 2.45) is 0 Å². The Bertz CT molecular complexity index is 1130. The Hall–Kier alpha value is -2.95. The Morgan fingerprint density at radius 3 is 2.27 bits per heavy atom. The number of ether oxygens (including phenoxy) is 3. The first kappa shape index (κ1) is 33.3. The van der Waals surface area contributed by atoms with Crippen LogP contribution in [0, 0.1) is 0 Å². The summed E-state index contributed by atoms with van der Waals surface area (Å²) >= 11 is 0. The Kier molecular flexibility index (Phi) is 16.6. The highest BCUT2D eigenvalue weighted by molar-refractivity contribution is 5.91. The molecular formula is C35H52O5. The third-order valence-corrected chi connectivity index (χ3v) is 6.75. The van der Waals surface area contributed by atoms with E-state index >= 15 is 0 Å². The maximum Gasteiger partial charge on any atom is 0.383 e. The van der Waals surface area contributed by atoms with Gasteiger partial charge in [-0.1, -0.05) is 94.2 Å². The lowest BCUT2D eigenvalue weighted by atomic mass is 10.1. The third-order valence-electron chi connectivity index (χ3n) is 6.75. The van der Waals surface area contributed by atoms with E-state index in [0.717, 1.165) is 38.5 Å². The van der Waals surface area contributed by atoms with E-state index in [2.05, 4.69) is 52.8 Å². The number of allylic oxidation sites excluding steroid dienone is 4. The van der Waals surface area contributed by atoms with E-state index in [1.54, 1.807) is 6.07 Å². The van der Waals surface area contributed by atoms with Gasteiger partial charge in [0.1, 0.15) is 23.3 Å². The second kappa shape index (κ2) is 20.0. The van der Waals surface area contributed by atoms with E-state index in [1.165, 1.54) is 49.7 Å². The lowest BCUT2D eigenvalue weighted by Crippen LogP contribution is -2.12. The second-order valence-electron chi connectivity index (χ2n) is 10.7. The number of benzene rings is 1. The van der Waals surface area contributed by atoms with Crippen LogP contribution < -0.4 is 19.8 Å². The fourth-order valence-corrected chi connectivity index (χ4v) is 4.44. The molecule has 0 unspecified atom stereocenters. The van der Waals surface area contributed by atoms with Gasteiger partial charge in [0, 0.05) is 0 Å². The SMILES string of the molecule is CCC=CCCOc1c(OCC=C(C)CCC=C(C)C)c(=O)oc2cccc(OCCCCCCCCCC)c12. The molecular weight excluding hydrogens is 500 g/mol. The second-order valence-corrected chi connectivity index (χ2v) is 10.7. The van der Waals surface area contributed by atoms with Gasteiger partial charge in [0.2, 0.25) is 5.75 Å². The molecule has 1 aromatic heterocycles. The lowest BCUT2D eigenvalue weighted by Gasteiger charge is -2.16. The molecule has 0 bridgehead atoms. The lowest BCUT2D eigenvalue weighted by molar-refractivity contribution is 0.275. The molecule has 1 heterocycles. The van der Waals surface area contributed by atoms with Crippen LogP contribution in [0.15, 0.2) is 62.9 Å². The average molecular weight is 553 g/mol. The Balaban J connectivity index is 2.18. The predicted octanol–water partition coefficient (Wildman–Crippen LogP) is 10.1. The topological polar surface area (TPSA) is 57.9 Å². The molecule has 0 spiro atoms. The number of hydrogen-bond acceptors (Lipinski definition) is 5. The van der Waals surface area contributed by atoms with Gasteiger partial charge in [-0.3, -0.25) is 0 Å². The van der Waals surface area contributed by atoms with Crippen LogP contribution in [0.25, 0.3) is 11.0 Å². The van der Waals surface area contributed by atoms with Crippen molar-refractivity contribution < 1.29 is 18.6 Å². The van der Waals surface area contributed by atoms with E-state index in [0.29, 0.717) is 35.7 Å². The molecule has 0 fully saturated rings. The van der Waals surface area contributed by atoms with Crippen molar-refractivity contribution in [3.63, 3.8) is 0 Å². The first-order valence-electron chi connectivity index (χ1n) is 15.4. The Labute approximate surface area is 242 Å². The van der Waals surface area contributed by atoms with E-state index < -0.39 is 5.63 Å². The average Bonchev–Trinajstić information content (AvgIpc) is 2.92. The van der Waals surface area contributed by atoms with Crippen LogP contribution in [-0.2, 0) is 0 Å². The molecule has 5 nitrogen and oxygen atoms in total. The molecule has 5 heteroatoms. The summed E-state index contributed by atoms with van der Waals surface area (Å²) in [7, 11) is 0. The van der Waals surface area contributed by atoms with Gasteiger partial charge in [-0.15, -0.1) is 0 Å². The molecule has 2 aromatic rings. The van der Waals surface area contributed by atoms with Crippen molar-refractivity contribution >= 4 is 11.0 Å². The molecule has 1 aromatic carbocycles. The van der Waals surface area contributed by atoms with Crippen LogP contribution in [0.2, 0.25) is 0 Å². The summed E-state index contributed by atoms with van der Waals surface area (Å²) in [5.74, 6) is 1.16. The monoisotopic (exact) mass is 552 g/mol. The van der Waals surface area contributed by atoms with Gasteiger partial charge < -0.3 is 18.6 Å². The summed E-state index contributed by atoms with van der Waals surface area (Å²) in [5.41, 5.74) is 2.43. The van der Waals surface area contributed by atoms with Crippen molar-refractivity contribution in [1.29, 1.82) is 0 Å². The predicted molar refractivity (Wildman–Crippen MR) is 168 cm³/mol. The minimum Gasteiger partial charge on any atom is -0.493 e. The van der Waals surface area contributed by atoms with E-state index in [4.69, 9.17) is 18.6 Å². The molecule has 0 aliphatic carbocycles. The highest BCUT2D eigenvalue weighted by Gasteiger charge is 2.21. The van der Waals surface area contributed by atoms with Gasteiger partial charge in [-0.25, -0.2) is 4.79 Å². The van der Waals surface area contributed by atoms with Gasteiger partial charge in [0.05, 0.1) is 13.2 Å². The van der Waals surface area contributed by atoms with Gasteiger partial charge in [-0.2, -0.15) is 0 Å². The molecule has 0 radical (unpaired) electrons. The molecule has 0 atom stereocenters. The largest absolute Gasteiger partial charge is 0.493 e. The van der Waals surface area contributed by atoms with Gasteiger partial charge in [-0.05, 0) is 71.1 Å².